The van der Waals surface area contributed by atoms with E-state index in [0.717, 1.165) is 64.7 Å². The van der Waals surface area contributed by atoms with Crippen molar-refractivity contribution in [3.63, 3.8) is 0 Å². The molecule has 1 aliphatic heterocycles. The van der Waals surface area contributed by atoms with Crippen LogP contribution in [0.1, 0.15) is 35.2 Å². The van der Waals surface area contributed by atoms with Crippen LogP contribution in [0.4, 0.5) is 0 Å². The molecule has 1 aliphatic rings. The van der Waals surface area contributed by atoms with Gasteiger partial charge < -0.3 is 9.88 Å². The number of nitrogens with zero attached hydrogens (tertiary/aromatic N) is 3. The maximum Gasteiger partial charge on any atom is 0.162 e. The van der Waals surface area contributed by atoms with Crippen LogP contribution in [-0.4, -0.2) is 19.2 Å². The van der Waals surface area contributed by atoms with Crippen LogP contribution < -0.4 is 5.32 Å². The first-order valence-corrected chi connectivity index (χ1v) is 13.2. The summed E-state index contributed by atoms with van der Waals surface area (Å²) >= 11 is 12.3. The highest BCUT2D eigenvalue weighted by molar-refractivity contribution is 7.80. The molecule has 3 aromatic carbocycles. The van der Waals surface area contributed by atoms with E-state index in [-0.39, 0.29) is 0 Å². The first-order valence-electron chi connectivity index (χ1n) is 12.4. The predicted octanol–water partition coefficient (Wildman–Crippen LogP) is 7.23. The van der Waals surface area contributed by atoms with E-state index in [9.17, 15) is 0 Å². The fourth-order valence-corrected chi connectivity index (χ4v) is 5.54. The number of thiocarbonyl (C=S) groups is 1. The van der Waals surface area contributed by atoms with Crippen LogP contribution in [0.2, 0.25) is 5.02 Å². The van der Waals surface area contributed by atoms with Crippen molar-refractivity contribution in [3.8, 4) is 22.5 Å². The number of aromatic nitrogens is 3. The maximum atomic E-state index is 6.25. The van der Waals surface area contributed by atoms with Crippen LogP contribution in [-0.2, 0) is 19.5 Å². The van der Waals surface area contributed by atoms with Crippen LogP contribution in [0, 0.1) is 6.92 Å². The molecule has 0 fully saturated rings. The van der Waals surface area contributed by atoms with Gasteiger partial charge in [-0.3, -0.25) is 0 Å². The van der Waals surface area contributed by atoms with Gasteiger partial charge in [0, 0.05) is 34.8 Å². The standard InChI is InChI=1S/C30H27ClN4S/c1-20-10-12-23(13-11-20)28-33-35-27(29(36)32-19-21-7-3-2-4-8-21)26(22-14-16-24(31)17-15-22)25-9-5-6-18-34(28)30(25)35/h2-4,7-8,10-17H,5-6,9,18-19H2,1H3,(H,32,36). The first-order chi connectivity index (χ1) is 17.6. The summed E-state index contributed by atoms with van der Waals surface area (Å²) < 4.78 is 4.47. The monoisotopic (exact) mass is 510 g/mol. The second-order valence-corrected chi connectivity index (χ2v) is 10.3. The van der Waals surface area contributed by atoms with Gasteiger partial charge in [-0.1, -0.05) is 96.1 Å². The Morgan fingerprint density at radius 2 is 1.67 bits per heavy atom. The molecule has 0 unspecified atom stereocenters. The number of nitrogens with one attached hydrogen (secondary N) is 1. The molecule has 5 aromatic rings. The van der Waals surface area contributed by atoms with Gasteiger partial charge in [0.25, 0.3) is 0 Å². The molecule has 3 heterocycles. The molecular weight excluding hydrogens is 484 g/mol. The average Bonchev–Trinajstić information content (AvgIpc) is 3.32. The normalized spacial score (nSPS) is 13.1. The summed E-state index contributed by atoms with van der Waals surface area (Å²) in [5, 5.41) is 9.43. The highest BCUT2D eigenvalue weighted by Gasteiger charge is 2.29. The Labute approximate surface area is 221 Å². The summed E-state index contributed by atoms with van der Waals surface area (Å²) in [7, 11) is 0. The quantitative estimate of drug-likeness (QED) is 0.253. The zero-order chi connectivity index (χ0) is 24.6. The maximum absolute atomic E-state index is 6.25. The smallest absolute Gasteiger partial charge is 0.162 e. The molecule has 0 radical (unpaired) electrons. The third-order valence-electron chi connectivity index (χ3n) is 6.94. The number of hydrogen-bond donors (Lipinski definition) is 1. The van der Waals surface area contributed by atoms with Crippen molar-refractivity contribution in [3.05, 3.63) is 106 Å². The fourth-order valence-electron chi connectivity index (χ4n) is 5.15. The van der Waals surface area contributed by atoms with E-state index < -0.39 is 0 Å². The van der Waals surface area contributed by atoms with Gasteiger partial charge in [-0.25, -0.2) is 4.52 Å². The Hall–Kier alpha value is -3.41. The van der Waals surface area contributed by atoms with Crippen LogP contribution >= 0.6 is 23.8 Å². The van der Waals surface area contributed by atoms with Gasteiger partial charge in [-0.2, -0.15) is 0 Å². The molecular formula is C30H27ClN4S. The summed E-state index contributed by atoms with van der Waals surface area (Å²) in [6, 6.07) is 27.1. The highest BCUT2D eigenvalue weighted by Crippen LogP contribution is 2.38. The molecule has 2 aromatic heterocycles. The van der Waals surface area contributed by atoms with E-state index in [1.54, 1.807) is 0 Å². The summed E-state index contributed by atoms with van der Waals surface area (Å²) in [5.74, 6) is 0.989. The Morgan fingerprint density at radius 3 is 2.42 bits per heavy atom. The fraction of sp³-hybridized carbons (Fsp3) is 0.200. The summed E-state index contributed by atoms with van der Waals surface area (Å²) in [5.41, 5.74) is 9.22. The average molecular weight is 511 g/mol. The lowest BCUT2D eigenvalue weighted by atomic mass is 9.98. The van der Waals surface area contributed by atoms with Gasteiger partial charge in [0.05, 0.1) is 0 Å². The Balaban J connectivity index is 1.55. The molecule has 0 bridgehead atoms. The molecule has 0 aliphatic carbocycles. The second-order valence-electron chi connectivity index (χ2n) is 9.41. The van der Waals surface area contributed by atoms with Crippen LogP contribution in [0.5, 0.6) is 0 Å². The van der Waals surface area contributed by atoms with Gasteiger partial charge in [-0.15, -0.1) is 5.10 Å². The number of rotatable bonds is 5. The van der Waals surface area contributed by atoms with E-state index in [4.69, 9.17) is 28.9 Å². The molecule has 180 valence electrons. The lowest BCUT2D eigenvalue weighted by molar-refractivity contribution is 0.645. The van der Waals surface area contributed by atoms with Crippen molar-refractivity contribution in [1.29, 1.82) is 0 Å². The minimum atomic E-state index is 0.661. The molecule has 0 amide bonds. The zero-order valence-electron chi connectivity index (χ0n) is 20.2. The minimum absolute atomic E-state index is 0.661. The molecule has 0 spiro atoms. The predicted molar refractivity (Wildman–Crippen MR) is 152 cm³/mol. The first kappa shape index (κ1) is 23.0. The number of benzene rings is 3. The lowest BCUT2D eigenvalue weighted by Crippen LogP contribution is -2.24. The van der Waals surface area contributed by atoms with E-state index in [1.165, 1.54) is 16.7 Å². The number of aryl methyl sites for hydroxylation is 3. The lowest BCUT2D eigenvalue weighted by Gasteiger charge is -2.12. The van der Waals surface area contributed by atoms with Gasteiger partial charge in [0.15, 0.2) is 5.82 Å². The number of hydrogen-bond acceptors (Lipinski definition) is 2. The molecule has 4 nitrogen and oxygen atoms in total. The van der Waals surface area contributed by atoms with Crippen molar-refractivity contribution in [1.82, 2.24) is 19.5 Å². The highest BCUT2D eigenvalue weighted by atomic mass is 35.5. The third kappa shape index (κ3) is 4.12. The van der Waals surface area contributed by atoms with Crippen LogP contribution in [0.25, 0.3) is 28.2 Å². The zero-order valence-corrected chi connectivity index (χ0v) is 21.7. The summed E-state index contributed by atoms with van der Waals surface area (Å²) in [6.07, 6.45) is 3.23. The number of halogens is 1. The summed E-state index contributed by atoms with van der Waals surface area (Å²) in [6.45, 7) is 3.71. The molecule has 6 heteroatoms. The van der Waals surface area contributed by atoms with E-state index in [2.05, 4.69) is 69.9 Å². The Morgan fingerprint density at radius 1 is 0.944 bits per heavy atom. The Bertz CT molecular complexity index is 1550. The van der Waals surface area contributed by atoms with Crippen LogP contribution in [0.3, 0.4) is 0 Å². The van der Waals surface area contributed by atoms with Crippen LogP contribution in [0.15, 0.2) is 78.9 Å². The van der Waals surface area contributed by atoms with E-state index >= 15 is 0 Å². The summed E-state index contributed by atoms with van der Waals surface area (Å²) in [4.78, 5) is 0.700. The van der Waals surface area contributed by atoms with Crippen molar-refractivity contribution in [2.75, 3.05) is 0 Å². The third-order valence-corrected chi connectivity index (χ3v) is 7.53. The van der Waals surface area contributed by atoms with Crippen molar-refractivity contribution >= 4 is 34.5 Å². The van der Waals surface area contributed by atoms with Crippen molar-refractivity contribution < 1.29 is 0 Å². The van der Waals surface area contributed by atoms with Crippen molar-refractivity contribution in [2.45, 2.75) is 39.3 Å². The van der Waals surface area contributed by atoms with E-state index in [1.807, 2.05) is 30.3 Å². The minimum Gasteiger partial charge on any atom is -0.370 e. The van der Waals surface area contributed by atoms with Gasteiger partial charge >= 0.3 is 0 Å². The molecule has 0 saturated heterocycles. The van der Waals surface area contributed by atoms with E-state index in [0.29, 0.717) is 11.5 Å². The van der Waals surface area contributed by atoms with Gasteiger partial charge in [0.1, 0.15) is 16.3 Å². The van der Waals surface area contributed by atoms with Gasteiger partial charge in [-0.05, 0) is 49.4 Å². The largest absolute Gasteiger partial charge is 0.370 e. The second kappa shape index (κ2) is 9.57. The molecule has 0 saturated carbocycles. The molecule has 6 rings (SSSR count). The molecule has 36 heavy (non-hydrogen) atoms. The SMILES string of the molecule is Cc1ccc(-c2nn3c(C(=S)NCc4ccccc4)c(-c4ccc(Cl)cc4)c4c3n2CCCC4)cc1. The van der Waals surface area contributed by atoms with Crippen molar-refractivity contribution in [2.24, 2.45) is 0 Å². The topological polar surface area (TPSA) is 34.3 Å². The Kier molecular flexibility index (Phi) is 6.12. The molecule has 0 atom stereocenters. The van der Waals surface area contributed by atoms with Gasteiger partial charge in [0.2, 0.25) is 0 Å². The molecule has 1 N–H and O–H groups in total.